The average Bonchev–Trinajstić information content (AvgIpc) is 3.25. The molecule has 3 aliphatic heterocycles. The van der Waals surface area contributed by atoms with E-state index in [2.05, 4.69) is 5.32 Å². The first-order chi connectivity index (χ1) is 11.1. The van der Waals surface area contributed by atoms with Crippen molar-refractivity contribution in [1.82, 2.24) is 5.32 Å². The summed E-state index contributed by atoms with van der Waals surface area (Å²) in [6.07, 6.45) is 0.678. The van der Waals surface area contributed by atoms with Crippen molar-refractivity contribution in [2.24, 2.45) is 11.8 Å². The Morgan fingerprint density at radius 3 is 2.65 bits per heavy atom. The summed E-state index contributed by atoms with van der Waals surface area (Å²) in [7, 11) is 0. The van der Waals surface area contributed by atoms with Gasteiger partial charge in [0, 0.05) is 18.4 Å². The van der Waals surface area contributed by atoms with Crippen molar-refractivity contribution >= 4 is 11.9 Å². The van der Waals surface area contributed by atoms with Gasteiger partial charge in [0.25, 0.3) is 0 Å². The number of hydrogen-bond donors (Lipinski definition) is 1. The molecule has 7 heteroatoms. The fourth-order valence-electron chi connectivity index (χ4n) is 3.67. The van der Waals surface area contributed by atoms with E-state index in [-0.39, 0.29) is 18.8 Å². The number of nitrogens with one attached hydrogen (secondary N) is 1. The second-order valence-electron chi connectivity index (χ2n) is 6.07. The Morgan fingerprint density at radius 2 is 1.87 bits per heavy atom. The summed E-state index contributed by atoms with van der Waals surface area (Å²) in [5.41, 5.74) is 0.858. The van der Waals surface area contributed by atoms with Gasteiger partial charge in [0.15, 0.2) is 11.5 Å². The minimum atomic E-state index is -1.21. The van der Waals surface area contributed by atoms with E-state index in [0.717, 1.165) is 12.0 Å². The number of rotatable bonds is 4. The van der Waals surface area contributed by atoms with Crippen LogP contribution in [-0.4, -0.2) is 30.9 Å². The molecule has 1 aromatic carbocycles. The third-order valence-electron chi connectivity index (χ3n) is 4.75. The van der Waals surface area contributed by atoms with Crippen molar-refractivity contribution < 1.29 is 28.9 Å². The van der Waals surface area contributed by atoms with Gasteiger partial charge >= 0.3 is 0 Å². The molecule has 4 rings (SSSR count). The maximum Gasteiger partial charge on any atom is 0.231 e. The van der Waals surface area contributed by atoms with Crippen molar-refractivity contribution in [3.8, 4) is 11.5 Å². The van der Waals surface area contributed by atoms with Crippen LogP contribution in [0.25, 0.3) is 0 Å². The van der Waals surface area contributed by atoms with Crippen LogP contribution in [0.1, 0.15) is 18.4 Å². The number of carbonyl (C=O) groups is 2. The maximum atomic E-state index is 12.4. The van der Waals surface area contributed by atoms with E-state index >= 15 is 0 Å². The van der Waals surface area contributed by atoms with Crippen molar-refractivity contribution in [2.75, 3.05) is 6.79 Å². The SMILES string of the molecule is O=C([O-])[C@@H]1[C@H](C(=O)NCc2ccc3c(c2)OCO3)[C@@H]2CC[C@H]1O2. The van der Waals surface area contributed by atoms with E-state index in [1.54, 1.807) is 12.1 Å². The summed E-state index contributed by atoms with van der Waals surface area (Å²) >= 11 is 0. The molecule has 2 saturated heterocycles. The molecule has 0 unspecified atom stereocenters. The number of fused-ring (bicyclic) bond motifs is 3. The van der Waals surface area contributed by atoms with E-state index in [1.807, 2.05) is 6.07 Å². The van der Waals surface area contributed by atoms with E-state index < -0.39 is 23.9 Å². The highest BCUT2D eigenvalue weighted by Crippen LogP contribution is 2.43. The molecule has 23 heavy (non-hydrogen) atoms. The number of ether oxygens (including phenoxy) is 3. The minimum Gasteiger partial charge on any atom is -0.550 e. The van der Waals surface area contributed by atoms with E-state index in [1.165, 1.54) is 0 Å². The van der Waals surface area contributed by atoms with E-state index in [0.29, 0.717) is 24.5 Å². The van der Waals surface area contributed by atoms with Crippen LogP contribution >= 0.6 is 0 Å². The lowest BCUT2D eigenvalue weighted by molar-refractivity contribution is -0.314. The molecule has 4 atom stereocenters. The Balaban J connectivity index is 1.43. The molecule has 0 saturated carbocycles. The molecule has 1 amide bonds. The van der Waals surface area contributed by atoms with Gasteiger partial charge in [0.05, 0.1) is 18.1 Å². The summed E-state index contributed by atoms with van der Waals surface area (Å²) in [6, 6.07) is 5.42. The van der Waals surface area contributed by atoms with Crippen LogP contribution in [0.2, 0.25) is 0 Å². The lowest BCUT2D eigenvalue weighted by Gasteiger charge is -2.27. The second kappa shape index (κ2) is 5.42. The molecule has 2 bridgehead atoms. The van der Waals surface area contributed by atoms with Crippen molar-refractivity contribution in [3.63, 3.8) is 0 Å². The number of carbonyl (C=O) groups excluding carboxylic acids is 2. The van der Waals surface area contributed by atoms with Crippen LogP contribution in [0.5, 0.6) is 11.5 Å². The third kappa shape index (κ3) is 2.41. The molecule has 2 fully saturated rings. The van der Waals surface area contributed by atoms with Gasteiger partial charge in [-0.1, -0.05) is 6.07 Å². The summed E-state index contributed by atoms with van der Waals surface area (Å²) in [5, 5.41) is 14.1. The number of carboxylic acids is 1. The van der Waals surface area contributed by atoms with Gasteiger partial charge in [-0.3, -0.25) is 4.79 Å². The fraction of sp³-hybridized carbons (Fsp3) is 0.500. The molecule has 0 aliphatic carbocycles. The van der Waals surface area contributed by atoms with Crippen molar-refractivity contribution in [1.29, 1.82) is 0 Å². The summed E-state index contributed by atoms with van der Waals surface area (Å²) in [5.74, 6) is -1.71. The van der Waals surface area contributed by atoms with E-state index in [4.69, 9.17) is 14.2 Å². The third-order valence-corrected chi connectivity index (χ3v) is 4.75. The van der Waals surface area contributed by atoms with Crippen LogP contribution < -0.4 is 19.9 Å². The lowest BCUT2D eigenvalue weighted by Crippen LogP contribution is -2.48. The molecule has 0 aromatic heterocycles. The number of amides is 1. The number of hydrogen-bond acceptors (Lipinski definition) is 6. The zero-order valence-electron chi connectivity index (χ0n) is 12.3. The van der Waals surface area contributed by atoms with Gasteiger partial charge in [-0.25, -0.2) is 0 Å². The Hall–Kier alpha value is -2.28. The molecule has 122 valence electrons. The normalized spacial score (nSPS) is 30.4. The van der Waals surface area contributed by atoms with Crippen LogP contribution in [-0.2, 0) is 20.9 Å². The molecular weight excluding hydrogens is 302 g/mol. The van der Waals surface area contributed by atoms with Gasteiger partial charge in [-0.05, 0) is 30.5 Å². The predicted octanol–water partition coefficient (Wildman–Crippen LogP) is -0.425. The molecule has 3 heterocycles. The zero-order chi connectivity index (χ0) is 16.0. The Bertz CT molecular complexity index is 660. The average molecular weight is 318 g/mol. The quantitative estimate of drug-likeness (QED) is 0.809. The molecule has 7 nitrogen and oxygen atoms in total. The zero-order valence-corrected chi connectivity index (χ0v) is 12.3. The number of carboxylic acid groups (broad SMARTS) is 1. The van der Waals surface area contributed by atoms with Crippen molar-refractivity contribution in [2.45, 2.75) is 31.6 Å². The monoisotopic (exact) mass is 318 g/mol. The second-order valence-corrected chi connectivity index (χ2v) is 6.07. The van der Waals surface area contributed by atoms with Crippen molar-refractivity contribution in [3.05, 3.63) is 23.8 Å². The Kier molecular flexibility index (Phi) is 3.37. The van der Waals surface area contributed by atoms with Crippen LogP contribution in [0.15, 0.2) is 18.2 Å². The largest absolute Gasteiger partial charge is 0.550 e. The summed E-state index contributed by atoms with van der Waals surface area (Å²) < 4.78 is 16.1. The highest BCUT2D eigenvalue weighted by molar-refractivity contribution is 5.86. The van der Waals surface area contributed by atoms with Gasteiger partial charge in [-0.2, -0.15) is 0 Å². The molecule has 0 radical (unpaired) electrons. The van der Waals surface area contributed by atoms with Crippen LogP contribution in [0.3, 0.4) is 0 Å². The van der Waals surface area contributed by atoms with Crippen LogP contribution in [0, 0.1) is 11.8 Å². The van der Waals surface area contributed by atoms with Crippen LogP contribution in [0.4, 0.5) is 0 Å². The summed E-state index contributed by atoms with van der Waals surface area (Å²) in [4.78, 5) is 23.7. The minimum absolute atomic E-state index is 0.195. The molecule has 1 N–H and O–H groups in total. The number of benzene rings is 1. The molecule has 1 aromatic rings. The highest BCUT2D eigenvalue weighted by Gasteiger charge is 2.52. The van der Waals surface area contributed by atoms with Gasteiger partial charge in [0.1, 0.15) is 0 Å². The molecule has 3 aliphatic rings. The standard InChI is InChI=1S/C16H17NO6/c18-15(13-10-3-4-11(23-10)14(13)16(19)20)17-6-8-1-2-9-12(5-8)22-7-21-9/h1-2,5,10-11,13-14H,3-4,6-7H2,(H,17,18)(H,19,20)/p-1/t10-,11+,13+,14-/m0/s1. The topological polar surface area (TPSA) is 96.9 Å². The maximum absolute atomic E-state index is 12.4. The summed E-state index contributed by atoms with van der Waals surface area (Å²) in [6.45, 7) is 0.490. The Labute approximate surface area is 132 Å². The predicted molar refractivity (Wildman–Crippen MR) is 74.3 cm³/mol. The highest BCUT2D eigenvalue weighted by atomic mass is 16.7. The van der Waals surface area contributed by atoms with Gasteiger partial charge in [0.2, 0.25) is 12.7 Å². The van der Waals surface area contributed by atoms with Gasteiger partial charge < -0.3 is 29.4 Å². The number of aliphatic carboxylic acids is 1. The first kappa shape index (κ1) is 14.3. The Morgan fingerprint density at radius 1 is 1.13 bits per heavy atom. The first-order valence-corrected chi connectivity index (χ1v) is 7.66. The lowest BCUT2D eigenvalue weighted by atomic mass is 9.78. The smallest absolute Gasteiger partial charge is 0.231 e. The molecule has 0 spiro atoms. The van der Waals surface area contributed by atoms with Gasteiger partial charge in [-0.15, -0.1) is 0 Å². The first-order valence-electron chi connectivity index (χ1n) is 7.66. The molecular formula is C16H16NO6-. The fourth-order valence-corrected chi connectivity index (χ4v) is 3.67. The van der Waals surface area contributed by atoms with E-state index in [9.17, 15) is 14.7 Å².